The first-order valence-electron chi connectivity index (χ1n) is 14.8. The molecule has 12 heteroatoms. The van der Waals surface area contributed by atoms with E-state index in [-0.39, 0.29) is 23.9 Å². The lowest BCUT2D eigenvalue weighted by atomic mass is 9.94. The number of aliphatic hydroxyl groups excluding tert-OH is 2. The molecule has 9 nitrogen and oxygen atoms in total. The molecule has 0 bridgehead atoms. The van der Waals surface area contributed by atoms with Crippen LogP contribution < -0.4 is 5.32 Å². The van der Waals surface area contributed by atoms with E-state index in [0.29, 0.717) is 39.2 Å². The van der Waals surface area contributed by atoms with Crippen LogP contribution in [0.1, 0.15) is 54.5 Å². The largest absolute Gasteiger partial charge is 0.481 e. The molecule has 0 aliphatic carbocycles. The SMILES string of the molecule is CC(C)n1c(/C=C/[C@H](O)C[C@@H](O)CC(=O)O)c(-c2ccc(F)cc2)c(-c2ccc(F)cc2)c1C(=O)Nc1ccc(CS(C)(=O)=O)cc1. The average molecular weight is 667 g/mol. The molecule has 2 atom stereocenters. The third kappa shape index (κ3) is 9.22. The minimum Gasteiger partial charge on any atom is -0.481 e. The van der Waals surface area contributed by atoms with Crippen molar-refractivity contribution in [1.29, 1.82) is 0 Å². The molecule has 4 rings (SSSR count). The first-order chi connectivity index (χ1) is 22.1. The Morgan fingerprint density at radius 3 is 1.89 bits per heavy atom. The van der Waals surface area contributed by atoms with Gasteiger partial charge in [-0.3, -0.25) is 9.59 Å². The van der Waals surface area contributed by atoms with Crippen LogP contribution in [-0.4, -0.2) is 58.6 Å². The molecule has 4 aromatic rings. The number of hydrogen-bond acceptors (Lipinski definition) is 6. The van der Waals surface area contributed by atoms with Crippen molar-refractivity contribution in [3.05, 3.63) is 107 Å². The monoisotopic (exact) mass is 666 g/mol. The topological polar surface area (TPSA) is 146 Å². The summed E-state index contributed by atoms with van der Waals surface area (Å²) in [6.45, 7) is 3.67. The van der Waals surface area contributed by atoms with E-state index in [0.717, 1.165) is 6.26 Å². The second-order valence-electron chi connectivity index (χ2n) is 11.6. The maximum absolute atomic E-state index is 14.2. The molecule has 1 amide bonds. The van der Waals surface area contributed by atoms with Gasteiger partial charge in [0.15, 0.2) is 9.84 Å². The van der Waals surface area contributed by atoms with Gasteiger partial charge in [-0.15, -0.1) is 0 Å². The van der Waals surface area contributed by atoms with Crippen molar-refractivity contribution in [2.45, 2.75) is 50.7 Å². The van der Waals surface area contributed by atoms with E-state index in [1.807, 2.05) is 13.8 Å². The number of aliphatic carboxylic acids is 1. The van der Waals surface area contributed by atoms with E-state index in [1.165, 1.54) is 54.6 Å². The fourth-order valence-corrected chi connectivity index (χ4v) is 6.16. The van der Waals surface area contributed by atoms with Gasteiger partial charge in [0, 0.05) is 41.2 Å². The van der Waals surface area contributed by atoms with E-state index in [1.54, 1.807) is 34.9 Å². The first kappa shape index (κ1) is 35.2. The number of carbonyl (C=O) groups is 2. The second-order valence-corrected chi connectivity index (χ2v) is 13.7. The number of halogens is 2. The van der Waals surface area contributed by atoms with Crippen molar-refractivity contribution in [3.8, 4) is 22.3 Å². The number of nitrogens with one attached hydrogen (secondary N) is 1. The Bertz CT molecular complexity index is 1870. The zero-order valence-electron chi connectivity index (χ0n) is 26.0. The van der Waals surface area contributed by atoms with E-state index in [2.05, 4.69) is 5.32 Å². The highest BCUT2D eigenvalue weighted by Gasteiger charge is 2.30. The number of rotatable bonds is 13. The average Bonchev–Trinajstić information content (AvgIpc) is 3.32. The van der Waals surface area contributed by atoms with Crippen LogP contribution >= 0.6 is 0 Å². The van der Waals surface area contributed by atoms with E-state index < -0.39 is 52.0 Å². The molecule has 47 heavy (non-hydrogen) atoms. The maximum Gasteiger partial charge on any atom is 0.305 e. The van der Waals surface area contributed by atoms with Gasteiger partial charge in [-0.05, 0) is 73.0 Å². The molecule has 0 fully saturated rings. The highest BCUT2D eigenvalue weighted by atomic mass is 32.2. The molecule has 0 aliphatic heterocycles. The molecule has 0 spiro atoms. The van der Waals surface area contributed by atoms with Crippen LogP contribution in [-0.2, 0) is 20.4 Å². The van der Waals surface area contributed by atoms with Gasteiger partial charge < -0.3 is 25.2 Å². The molecule has 1 heterocycles. The number of nitrogens with zero attached hydrogens (tertiary/aromatic N) is 1. The number of benzene rings is 3. The summed E-state index contributed by atoms with van der Waals surface area (Å²) in [6.07, 6.45) is 0.691. The molecule has 3 aromatic carbocycles. The van der Waals surface area contributed by atoms with Crippen molar-refractivity contribution >= 4 is 33.5 Å². The number of amides is 1. The summed E-state index contributed by atoms with van der Waals surface area (Å²) in [5.41, 5.74) is 3.41. The van der Waals surface area contributed by atoms with Gasteiger partial charge in [0.25, 0.3) is 5.91 Å². The molecule has 1 aromatic heterocycles. The predicted molar refractivity (Wildman–Crippen MR) is 176 cm³/mol. The number of hydrogen-bond donors (Lipinski definition) is 4. The van der Waals surface area contributed by atoms with Crippen LogP contribution in [0.25, 0.3) is 28.3 Å². The highest BCUT2D eigenvalue weighted by molar-refractivity contribution is 7.89. The molecule has 4 N–H and O–H groups in total. The molecule has 0 saturated carbocycles. The lowest BCUT2D eigenvalue weighted by Crippen LogP contribution is -2.20. The van der Waals surface area contributed by atoms with Crippen molar-refractivity contribution in [2.75, 3.05) is 11.6 Å². The predicted octanol–water partition coefficient (Wildman–Crippen LogP) is 6.08. The van der Waals surface area contributed by atoms with E-state index in [4.69, 9.17) is 5.11 Å². The van der Waals surface area contributed by atoms with Crippen LogP contribution in [0.5, 0.6) is 0 Å². The summed E-state index contributed by atoms with van der Waals surface area (Å²) in [4.78, 5) is 25.2. The summed E-state index contributed by atoms with van der Waals surface area (Å²) in [5.74, 6) is -2.91. The molecule has 0 radical (unpaired) electrons. The maximum atomic E-state index is 14.2. The molecule has 0 saturated heterocycles. The minimum atomic E-state index is -3.27. The fourth-order valence-electron chi connectivity index (χ4n) is 5.36. The number of aliphatic hydroxyl groups is 2. The smallest absolute Gasteiger partial charge is 0.305 e. The minimum absolute atomic E-state index is 0.165. The number of anilines is 1. The Balaban J connectivity index is 1.93. The van der Waals surface area contributed by atoms with Crippen LogP contribution in [0.4, 0.5) is 14.5 Å². The van der Waals surface area contributed by atoms with Crippen LogP contribution in [0.2, 0.25) is 0 Å². The summed E-state index contributed by atoms with van der Waals surface area (Å²) in [7, 11) is -3.27. The lowest BCUT2D eigenvalue weighted by Gasteiger charge is -2.17. The van der Waals surface area contributed by atoms with Crippen LogP contribution in [0, 0.1) is 11.6 Å². The van der Waals surface area contributed by atoms with E-state index >= 15 is 0 Å². The van der Waals surface area contributed by atoms with Gasteiger partial charge in [0.1, 0.15) is 17.3 Å². The van der Waals surface area contributed by atoms with Gasteiger partial charge in [0.05, 0.1) is 24.4 Å². The molecular weight excluding hydrogens is 630 g/mol. The summed E-state index contributed by atoms with van der Waals surface area (Å²) < 4.78 is 53.4. The standard InChI is InChI=1S/C35H36F2N2O7S/c1-21(2)39-30(17-16-28(40)18-29(41)19-31(42)43)32(23-6-10-25(36)11-7-23)33(24-8-12-26(37)13-9-24)34(39)35(44)38-27-14-4-22(5-15-27)20-47(3,45)46/h4-17,21,28-29,40-41H,18-20H2,1-3H3,(H,38,44)(H,42,43)/b17-16+/t28-,29+/m0/s1. The highest BCUT2D eigenvalue weighted by Crippen LogP contribution is 2.43. The summed E-state index contributed by atoms with van der Waals surface area (Å²) in [5, 5.41) is 32.6. The summed E-state index contributed by atoms with van der Waals surface area (Å²) >= 11 is 0. The van der Waals surface area contributed by atoms with Crippen molar-refractivity contribution in [1.82, 2.24) is 4.57 Å². The fraction of sp³-hybridized carbons (Fsp3) is 0.257. The van der Waals surface area contributed by atoms with Gasteiger partial charge in [-0.25, -0.2) is 17.2 Å². The zero-order chi connectivity index (χ0) is 34.5. The Labute approximate surface area is 271 Å². The van der Waals surface area contributed by atoms with Gasteiger partial charge in [0.2, 0.25) is 0 Å². The molecule has 0 unspecified atom stereocenters. The van der Waals surface area contributed by atoms with Crippen molar-refractivity contribution < 1.29 is 42.1 Å². The van der Waals surface area contributed by atoms with Crippen LogP contribution in [0.15, 0.2) is 78.9 Å². The first-order valence-corrected chi connectivity index (χ1v) is 16.8. The number of aromatic nitrogens is 1. The lowest BCUT2D eigenvalue weighted by molar-refractivity contribution is -0.139. The molecule has 0 aliphatic rings. The molecular formula is C35H36F2N2O7S. The Hall–Kier alpha value is -4.65. The van der Waals surface area contributed by atoms with Crippen LogP contribution in [0.3, 0.4) is 0 Å². The Morgan fingerprint density at radius 2 is 1.40 bits per heavy atom. The van der Waals surface area contributed by atoms with Gasteiger partial charge in [-0.2, -0.15) is 0 Å². The van der Waals surface area contributed by atoms with E-state index in [9.17, 15) is 37.0 Å². The number of carboxylic acids is 1. The number of sulfone groups is 1. The Morgan fingerprint density at radius 1 is 0.872 bits per heavy atom. The number of carboxylic acid groups (broad SMARTS) is 1. The summed E-state index contributed by atoms with van der Waals surface area (Å²) in [6, 6.07) is 17.1. The molecule has 248 valence electrons. The normalized spacial score (nSPS) is 13.2. The third-order valence-corrected chi connectivity index (χ3v) is 8.14. The Kier molecular flexibility index (Phi) is 11.1. The zero-order valence-corrected chi connectivity index (χ0v) is 26.8. The van der Waals surface area contributed by atoms with Crippen molar-refractivity contribution in [2.24, 2.45) is 0 Å². The third-order valence-electron chi connectivity index (χ3n) is 7.28. The van der Waals surface area contributed by atoms with Gasteiger partial charge >= 0.3 is 5.97 Å². The quantitative estimate of drug-likeness (QED) is 0.135. The number of carbonyl (C=O) groups excluding carboxylic acids is 1. The van der Waals surface area contributed by atoms with Crippen molar-refractivity contribution in [3.63, 3.8) is 0 Å². The second kappa shape index (κ2) is 14.8. The van der Waals surface area contributed by atoms with Gasteiger partial charge in [-0.1, -0.05) is 42.5 Å².